The summed E-state index contributed by atoms with van der Waals surface area (Å²) in [6.45, 7) is 0. The molecular weight excluding hydrogens is 362 g/mol. The van der Waals surface area contributed by atoms with E-state index in [-0.39, 0.29) is 0 Å². The van der Waals surface area contributed by atoms with Gasteiger partial charge in [-0.05, 0) is 83.2 Å². The summed E-state index contributed by atoms with van der Waals surface area (Å²) in [5.74, 6) is 0. The number of benzene rings is 6. The summed E-state index contributed by atoms with van der Waals surface area (Å²) >= 11 is 0. The number of rotatable bonds is 2. The highest BCUT2D eigenvalue weighted by Gasteiger charge is 2.20. The Morgan fingerprint density at radius 2 is 1.07 bits per heavy atom. The first-order chi connectivity index (χ1) is 14.8. The van der Waals surface area contributed by atoms with E-state index in [1.165, 1.54) is 59.4 Å². The molecule has 0 aromatic heterocycles. The molecule has 0 bridgehead atoms. The van der Waals surface area contributed by atoms with Gasteiger partial charge in [-0.25, -0.2) is 0 Å². The van der Waals surface area contributed by atoms with Gasteiger partial charge >= 0.3 is 0 Å². The third-order valence-corrected chi connectivity index (χ3v) is 6.55. The summed E-state index contributed by atoms with van der Waals surface area (Å²) < 4.78 is 0. The standard InChI is InChI=1S/C29H15N/c30-16-18-3-1-17(2-4-18)5-6-22-15-23-12-11-20-8-7-19-9-10-21-13-14-24(22)29-27(21)25(19)26(20)28(23)29/h1-15H/b6-5+. The van der Waals surface area contributed by atoms with E-state index < -0.39 is 0 Å². The van der Waals surface area contributed by atoms with Crippen molar-refractivity contribution in [2.24, 2.45) is 0 Å². The van der Waals surface area contributed by atoms with Crippen LogP contribution in [-0.2, 0) is 0 Å². The minimum absolute atomic E-state index is 0.687. The molecule has 7 aromatic carbocycles. The molecule has 0 aliphatic heterocycles. The fraction of sp³-hybridized carbons (Fsp3) is 0. The first-order valence-electron chi connectivity index (χ1n) is 10.2. The lowest BCUT2D eigenvalue weighted by Crippen LogP contribution is -1.82. The first-order valence-corrected chi connectivity index (χ1v) is 10.2. The normalized spacial score (nSPS) is 12.5. The van der Waals surface area contributed by atoms with E-state index in [0.29, 0.717) is 5.56 Å². The smallest absolute Gasteiger partial charge is 0.0991 e. The zero-order valence-corrected chi connectivity index (χ0v) is 16.1. The van der Waals surface area contributed by atoms with Gasteiger partial charge in [0.1, 0.15) is 0 Å². The Morgan fingerprint density at radius 1 is 0.533 bits per heavy atom. The van der Waals surface area contributed by atoms with Crippen LogP contribution in [0.3, 0.4) is 0 Å². The topological polar surface area (TPSA) is 23.8 Å². The molecule has 0 saturated carbocycles. The van der Waals surface area contributed by atoms with Crippen molar-refractivity contribution in [1.29, 1.82) is 5.26 Å². The van der Waals surface area contributed by atoms with E-state index in [0.717, 1.165) is 5.56 Å². The highest BCUT2D eigenvalue weighted by atomic mass is 14.2. The molecule has 0 amide bonds. The summed E-state index contributed by atoms with van der Waals surface area (Å²) in [6.07, 6.45) is 4.34. The maximum atomic E-state index is 9.02. The van der Waals surface area contributed by atoms with Crippen LogP contribution in [0.5, 0.6) is 0 Å². The summed E-state index contributed by atoms with van der Waals surface area (Å²) in [5, 5.41) is 22.6. The van der Waals surface area contributed by atoms with Crippen LogP contribution in [-0.4, -0.2) is 0 Å². The van der Waals surface area contributed by atoms with E-state index in [4.69, 9.17) is 5.26 Å². The van der Waals surface area contributed by atoms with Crippen molar-refractivity contribution in [2.75, 3.05) is 0 Å². The lowest BCUT2D eigenvalue weighted by molar-refractivity contribution is 1.48. The lowest BCUT2D eigenvalue weighted by atomic mass is 9.95. The minimum Gasteiger partial charge on any atom is -0.192 e. The predicted molar refractivity (Wildman–Crippen MR) is 128 cm³/mol. The summed E-state index contributed by atoms with van der Waals surface area (Å²) in [6, 6.07) is 30.2. The van der Waals surface area contributed by atoms with E-state index >= 15 is 0 Å². The van der Waals surface area contributed by atoms with Crippen molar-refractivity contribution in [1.82, 2.24) is 0 Å². The summed E-state index contributed by atoms with van der Waals surface area (Å²) in [5.41, 5.74) is 3.01. The molecule has 136 valence electrons. The van der Waals surface area contributed by atoms with E-state index in [1.807, 2.05) is 24.3 Å². The van der Waals surface area contributed by atoms with E-state index in [9.17, 15) is 0 Å². The van der Waals surface area contributed by atoms with Crippen molar-refractivity contribution in [3.63, 3.8) is 0 Å². The maximum Gasteiger partial charge on any atom is 0.0991 e. The Balaban J connectivity index is 1.57. The molecule has 0 heterocycles. The largest absolute Gasteiger partial charge is 0.192 e. The average molecular weight is 377 g/mol. The van der Waals surface area contributed by atoms with Crippen LogP contribution in [0.4, 0.5) is 0 Å². The van der Waals surface area contributed by atoms with Crippen molar-refractivity contribution < 1.29 is 0 Å². The third kappa shape index (κ3) is 1.91. The highest BCUT2D eigenvalue weighted by Crippen LogP contribution is 2.48. The number of nitriles is 1. The molecule has 0 spiro atoms. The van der Waals surface area contributed by atoms with Crippen molar-refractivity contribution in [3.05, 3.63) is 95.6 Å². The Labute approximate surface area is 173 Å². The van der Waals surface area contributed by atoms with Crippen LogP contribution in [0.2, 0.25) is 0 Å². The van der Waals surface area contributed by atoms with Gasteiger partial charge in [-0.2, -0.15) is 5.26 Å². The molecule has 7 aromatic rings. The molecule has 1 heteroatoms. The van der Waals surface area contributed by atoms with Crippen LogP contribution in [0, 0.1) is 11.3 Å². The Morgan fingerprint density at radius 3 is 1.70 bits per heavy atom. The van der Waals surface area contributed by atoms with Gasteiger partial charge in [-0.3, -0.25) is 0 Å². The van der Waals surface area contributed by atoms with Crippen LogP contribution in [0.15, 0.2) is 78.9 Å². The van der Waals surface area contributed by atoms with Gasteiger partial charge in [-0.1, -0.05) is 72.8 Å². The molecule has 0 radical (unpaired) electrons. The Bertz CT molecular complexity index is 1740. The van der Waals surface area contributed by atoms with Gasteiger partial charge in [0.15, 0.2) is 0 Å². The molecular formula is C29H15N. The van der Waals surface area contributed by atoms with E-state index in [2.05, 4.69) is 72.8 Å². The molecule has 30 heavy (non-hydrogen) atoms. The molecule has 0 atom stereocenters. The molecule has 0 aliphatic rings. The molecule has 1 nitrogen and oxygen atoms in total. The van der Waals surface area contributed by atoms with Crippen LogP contribution < -0.4 is 0 Å². The summed E-state index contributed by atoms with van der Waals surface area (Å²) in [4.78, 5) is 0. The van der Waals surface area contributed by atoms with Gasteiger partial charge in [0.05, 0.1) is 11.6 Å². The first kappa shape index (κ1) is 15.7. The zero-order valence-electron chi connectivity index (χ0n) is 16.1. The van der Waals surface area contributed by atoms with Crippen molar-refractivity contribution in [2.45, 2.75) is 0 Å². The van der Waals surface area contributed by atoms with Crippen molar-refractivity contribution in [3.8, 4) is 6.07 Å². The van der Waals surface area contributed by atoms with Gasteiger partial charge in [0, 0.05) is 0 Å². The second-order valence-electron chi connectivity index (χ2n) is 8.11. The van der Waals surface area contributed by atoms with Crippen LogP contribution in [0.25, 0.3) is 66.0 Å². The monoisotopic (exact) mass is 377 g/mol. The van der Waals surface area contributed by atoms with Gasteiger partial charge in [0.2, 0.25) is 0 Å². The van der Waals surface area contributed by atoms with Gasteiger partial charge in [0.25, 0.3) is 0 Å². The fourth-order valence-corrected chi connectivity index (χ4v) is 5.19. The number of hydrogen-bond donors (Lipinski definition) is 0. The Hall–Kier alpha value is -4.15. The molecule has 0 N–H and O–H groups in total. The number of nitrogens with zero attached hydrogens (tertiary/aromatic N) is 1. The van der Waals surface area contributed by atoms with Crippen molar-refractivity contribution >= 4 is 66.0 Å². The maximum absolute atomic E-state index is 9.02. The zero-order chi connectivity index (χ0) is 19.8. The molecule has 0 unspecified atom stereocenters. The second kappa shape index (κ2) is 5.47. The van der Waals surface area contributed by atoms with Gasteiger partial charge in [-0.15, -0.1) is 0 Å². The quantitative estimate of drug-likeness (QED) is 0.223. The third-order valence-electron chi connectivity index (χ3n) is 6.55. The molecule has 0 aliphatic carbocycles. The highest BCUT2D eigenvalue weighted by molar-refractivity contribution is 6.44. The number of hydrogen-bond acceptors (Lipinski definition) is 1. The minimum atomic E-state index is 0.687. The van der Waals surface area contributed by atoms with Gasteiger partial charge < -0.3 is 0 Å². The fourth-order valence-electron chi connectivity index (χ4n) is 5.19. The van der Waals surface area contributed by atoms with E-state index in [1.54, 1.807) is 0 Å². The molecule has 7 rings (SSSR count). The summed E-state index contributed by atoms with van der Waals surface area (Å²) in [7, 11) is 0. The molecule has 0 fully saturated rings. The lowest BCUT2D eigenvalue weighted by Gasteiger charge is -2.08. The molecule has 0 saturated heterocycles. The second-order valence-corrected chi connectivity index (χ2v) is 8.11. The van der Waals surface area contributed by atoms with Crippen LogP contribution >= 0.6 is 0 Å². The SMILES string of the molecule is N#Cc1ccc(/C=C/c2cc3ccc4ccc5ccc6ccc2c2c6c5c4c32)cc1. The predicted octanol–water partition coefficient (Wildman–Crippen LogP) is 7.81. The van der Waals surface area contributed by atoms with Crippen LogP contribution in [0.1, 0.15) is 16.7 Å². The Kier molecular flexibility index (Phi) is 2.87. The average Bonchev–Trinajstić information content (AvgIpc) is 3.17.